The van der Waals surface area contributed by atoms with Gasteiger partial charge < -0.3 is 14.4 Å². The molecule has 1 aromatic heterocycles. The molecule has 2 heterocycles. The minimum Gasteiger partial charge on any atom is -0.493 e. The lowest BCUT2D eigenvalue weighted by molar-refractivity contribution is -0.939. The van der Waals surface area contributed by atoms with Gasteiger partial charge in [0.2, 0.25) is 5.82 Å². The largest absolute Gasteiger partial charge is 0.493 e. The van der Waals surface area contributed by atoms with Crippen LogP contribution in [0.2, 0.25) is 0 Å². The summed E-state index contributed by atoms with van der Waals surface area (Å²) in [4.78, 5) is 3.07. The van der Waals surface area contributed by atoms with Gasteiger partial charge in [-0.25, -0.2) is 0 Å². The third-order valence-electron chi connectivity index (χ3n) is 4.74. The van der Waals surface area contributed by atoms with Crippen molar-refractivity contribution in [2.45, 2.75) is 19.6 Å². The maximum Gasteiger partial charge on any atom is 0.205 e. The summed E-state index contributed by atoms with van der Waals surface area (Å²) in [5, 5.41) is 12.9. The van der Waals surface area contributed by atoms with Crippen LogP contribution >= 0.6 is 0 Å². The van der Waals surface area contributed by atoms with Crippen LogP contribution in [0.4, 0.5) is 0 Å². The van der Waals surface area contributed by atoms with E-state index in [1.165, 1.54) is 16.0 Å². The second-order valence-electron chi connectivity index (χ2n) is 6.41. The molecule has 3 aromatic rings. The molecule has 0 spiro atoms. The number of aromatic nitrogens is 4. The van der Waals surface area contributed by atoms with E-state index in [9.17, 15) is 0 Å². The van der Waals surface area contributed by atoms with Gasteiger partial charge in [0.05, 0.1) is 20.8 Å². The topological polar surface area (TPSA) is 66.5 Å². The van der Waals surface area contributed by atoms with Crippen molar-refractivity contribution in [2.24, 2.45) is 0 Å². The maximum atomic E-state index is 5.43. The number of hydrogen-bond donors (Lipinski definition) is 1. The van der Waals surface area contributed by atoms with Crippen LogP contribution in [-0.2, 0) is 19.6 Å². The van der Waals surface area contributed by atoms with Crippen LogP contribution < -0.4 is 14.4 Å². The minimum atomic E-state index is 0.661. The monoisotopic (exact) mass is 352 g/mol. The lowest BCUT2D eigenvalue weighted by atomic mass is 9.99. The van der Waals surface area contributed by atoms with Crippen LogP contribution in [-0.4, -0.2) is 41.0 Å². The Hall–Kier alpha value is -2.93. The van der Waals surface area contributed by atoms with Gasteiger partial charge in [0, 0.05) is 17.5 Å². The molecule has 0 amide bonds. The summed E-state index contributed by atoms with van der Waals surface area (Å²) in [7, 11) is 3.34. The molecule has 1 unspecified atom stereocenters. The first-order valence-corrected chi connectivity index (χ1v) is 8.67. The molecule has 26 heavy (non-hydrogen) atoms. The van der Waals surface area contributed by atoms with E-state index in [0.29, 0.717) is 12.5 Å². The fourth-order valence-electron chi connectivity index (χ4n) is 3.38. The normalized spacial score (nSPS) is 16.2. The predicted molar refractivity (Wildman–Crippen MR) is 96.0 cm³/mol. The molecular formula is C19H22N5O2+. The molecule has 7 heteroatoms. The third kappa shape index (κ3) is 3.25. The van der Waals surface area contributed by atoms with Gasteiger partial charge in [-0.2, -0.15) is 0 Å². The molecule has 0 saturated heterocycles. The van der Waals surface area contributed by atoms with Crippen molar-refractivity contribution in [2.75, 3.05) is 20.8 Å². The van der Waals surface area contributed by atoms with Crippen molar-refractivity contribution in [1.82, 2.24) is 20.2 Å². The van der Waals surface area contributed by atoms with Gasteiger partial charge >= 0.3 is 0 Å². The van der Waals surface area contributed by atoms with Crippen LogP contribution in [0.25, 0.3) is 11.4 Å². The van der Waals surface area contributed by atoms with Gasteiger partial charge in [-0.05, 0) is 22.9 Å². The summed E-state index contributed by atoms with van der Waals surface area (Å²) < 4.78 is 10.8. The number of nitrogens with one attached hydrogen (secondary N) is 1. The number of benzene rings is 2. The molecule has 0 fully saturated rings. The first-order chi connectivity index (χ1) is 12.8. The maximum absolute atomic E-state index is 5.43. The highest BCUT2D eigenvalue weighted by molar-refractivity contribution is 5.53. The Kier molecular flexibility index (Phi) is 4.53. The van der Waals surface area contributed by atoms with Crippen LogP contribution in [0.15, 0.2) is 42.5 Å². The zero-order valence-electron chi connectivity index (χ0n) is 15.0. The highest BCUT2D eigenvalue weighted by atomic mass is 16.5. The molecule has 2 aromatic carbocycles. The van der Waals surface area contributed by atoms with E-state index >= 15 is 0 Å². The average Bonchev–Trinajstić information content (AvgIpc) is 3.16. The smallest absolute Gasteiger partial charge is 0.205 e. The van der Waals surface area contributed by atoms with Gasteiger partial charge in [-0.15, -0.1) is 15.0 Å². The van der Waals surface area contributed by atoms with E-state index in [1.54, 1.807) is 19.0 Å². The molecule has 1 aliphatic rings. The average molecular weight is 352 g/mol. The third-order valence-corrected chi connectivity index (χ3v) is 4.74. The second-order valence-corrected chi connectivity index (χ2v) is 6.41. The number of rotatable bonds is 5. The van der Waals surface area contributed by atoms with Gasteiger partial charge in [-0.1, -0.05) is 30.3 Å². The Labute approximate surface area is 152 Å². The van der Waals surface area contributed by atoms with E-state index in [-0.39, 0.29) is 0 Å². The van der Waals surface area contributed by atoms with Gasteiger partial charge in [0.1, 0.15) is 6.54 Å². The summed E-state index contributed by atoms with van der Waals surface area (Å²) in [6, 6.07) is 14.1. The Morgan fingerprint density at radius 1 is 1.04 bits per heavy atom. The van der Waals surface area contributed by atoms with Crippen LogP contribution in [0.5, 0.6) is 11.5 Å². The van der Waals surface area contributed by atoms with Gasteiger partial charge in [0.25, 0.3) is 0 Å². The standard InChI is InChI=1S/C19H21N5O2/c1-25-17-10-15-8-9-23(12-16(15)11-18(17)26-2)13-24-21-19(20-22-24)14-6-4-3-5-7-14/h3-7,10-11H,8-9,12-13H2,1-2H3/p+1. The number of methoxy groups -OCH3 is 2. The second kappa shape index (κ2) is 7.13. The van der Waals surface area contributed by atoms with Gasteiger partial charge in [0.15, 0.2) is 18.2 Å². The minimum absolute atomic E-state index is 0.661. The lowest BCUT2D eigenvalue weighted by Gasteiger charge is -2.26. The Balaban J connectivity index is 1.49. The van der Waals surface area contributed by atoms with Crippen molar-refractivity contribution >= 4 is 0 Å². The quantitative estimate of drug-likeness (QED) is 0.741. The zero-order valence-corrected chi connectivity index (χ0v) is 15.0. The molecule has 1 aliphatic heterocycles. The zero-order chi connectivity index (χ0) is 17.9. The Morgan fingerprint density at radius 3 is 2.50 bits per heavy atom. The highest BCUT2D eigenvalue weighted by Crippen LogP contribution is 2.31. The van der Waals surface area contributed by atoms with Crippen molar-refractivity contribution in [3.63, 3.8) is 0 Å². The van der Waals surface area contributed by atoms with Gasteiger partial charge in [-0.3, -0.25) is 0 Å². The van der Waals surface area contributed by atoms with E-state index in [1.807, 2.05) is 30.3 Å². The SMILES string of the molecule is COc1cc2c(cc1OC)C[NH+](Cn1nnc(-c3ccccc3)n1)CC2. The number of hydrogen-bond acceptors (Lipinski definition) is 5. The lowest BCUT2D eigenvalue weighted by Crippen LogP contribution is -3.11. The van der Waals surface area contributed by atoms with Crippen molar-refractivity contribution in [1.29, 1.82) is 0 Å². The number of tetrazole rings is 1. The number of fused-ring (bicyclic) bond motifs is 1. The molecular weight excluding hydrogens is 330 g/mol. The summed E-state index contributed by atoms with van der Waals surface area (Å²) in [6.07, 6.45) is 0.991. The van der Waals surface area contributed by atoms with Crippen LogP contribution in [0.3, 0.4) is 0 Å². The molecule has 0 radical (unpaired) electrons. The van der Waals surface area contributed by atoms with E-state index in [4.69, 9.17) is 9.47 Å². The molecule has 4 rings (SSSR count). The summed E-state index contributed by atoms with van der Waals surface area (Å²) in [5.41, 5.74) is 3.59. The van der Waals surface area contributed by atoms with E-state index in [0.717, 1.165) is 36.6 Å². The Morgan fingerprint density at radius 2 is 1.77 bits per heavy atom. The molecule has 1 N–H and O–H groups in total. The molecule has 0 bridgehead atoms. The van der Waals surface area contributed by atoms with E-state index in [2.05, 4.69) is 27.5 Å². The molecule has 0 saturated carbocycles. The van der Waals surface area contributed by atoms with Crippen molar-refractivity contribution < 1.29 is 14.4 Å². The first kappa shape index (κ1) is 16.5. The number of ether oxygens (including phenoxy) is 2. The van der Waals surface area contributed by atoms with Crippen molar-refractivity contribution in [3.05, 3.63) is 53.6 Å². The van der Waals surface area contributed by atoms with Crippen LogP contribution in [0, 0.1) is 0 Å². The predicted octanol–water partition coefficient (Wildman–Crippen LogP) is 0.956. The summed E-state index contributed by atoms with van der Waals surface area (Å²) in [5.74, 6) is 2.23. The first-order valence-electron chi connectivity index (χ1n) is 8.67. The molecule has 1 atom stereocenters. The molecule has 134 valence electrons. The van der Waals surface area contributed by atoms with Crippen LogP contribution in [0.1, 0.15) is 11.1 Å². The highest BCUT2D eigenvalue weighted by Gasteiger charge is 2.23. The summed E-state index contributed by atoms with van der Waals surface area (Å²) >= 11 is 0. The fourth-order valence-corrected chi connectivity index (χ4v) is 3.38. The fraction of sp³-hybridized carbons (Fsp3) is 0.316. The number of quaternary nitrogens is 1. The molecule has 0 aliphatic carbocycles. The van der Waals surface area contributed by atoms with E-state index < -0.39 is 0 Å². The summed E-state index contributed by atoms with van der Waals surface area (Å²) in [6.45, 7) is 2.61. The number of nitrogens with zero attached hydrogens (tertiary/aromatic N) is 4. The molecule has 7 nitrogen and oxygen atoms in total. The Bertz CT molecular complexity index is 894. The van der Waals surface area contributed by atoms with Crippen molar-refractivity contribution in [3.8, 4) is 22.9 Å².